The molecular formula is C12H21NOS. The van der Waals surface area contributed by atoms with E-state index in [4.69, 9.17) is 0 Å². The summed E-state index contributed by atoms with van der Waals surface area (Å²) in [4.78, 5) is 15.4. The highest BCUT2D eigenvalue weighted by Crippen LogP contribution is 2.37. The van der Waals surface area contributed by atoms with Gasteiger partial charge in [-0.3, -0.25) is 4.79 Å². The van der Waals surface area contributed by atoms with Crippen LogP contribution in [-0.2, 0) is 4.79 Å². The first-order valence-electron chi connectivity index (χ1n) is 5.49. The van der Waals surface area contributed by atoms with Crippen LogP contribution in [0.15, 0.2) is 10.5 Å². The van der Waals surface area contributed by atoms with Crippen molar-refractivity contribution in [3.8, 4) is 0 Å². The molecule has 0 aromatic rings. The van der Waals surface area contributed by atoms with Crippen LogP contribution in [-0.4, -0.2) is 29.1 Å². The van der Waals surface area contributed by atoms with Crippen molar-refractivity contribution in [3.05, 3.63) is 10.5 Å². The van der Waals surface area contributed by atoms with E-state index >= 15 is 0 Å². The van der Waals surface area contributed by atoms with Crippen LogP contribution in [0.5, 0.6) is 0 Å². The quantitative estimate of drug-likeness (QED) is 0.739. The zero-order chi connectivity index (χ0) is 11.7. The second kappa shape index (κ2) is 4.60. The highest BCUT2D eigenvalue weighted by Gasteiger charge is 2.39. The van der Waals surface area contributed by atoms with Crippen molar-refractivity contribution in [3.63, 3.8) is 0 Å². The van der Waals surface area contributed by atoms with E-state index in [1.165, 1.54) is 4.91 Å². The molecule has 2 nitrogen and oxygen atoms in total. The van der Waals surface area contributed by atoms with E-state index in [9.17, 15) is 4.79 Å². The monoisotopic (exact) mass is 227 g/mol. The first-order chi connectivity index (χ1) is 6.91. The van der Waals surface area contributed by atoms with Crippen molar-refractivity contribution in [1.29, 1.82) is 0 Å². The summed E-state index contributed by atoms with van der Waals surface area (Å²) < 4.78 is 0. The molecule has 0 aromatic heterocycles. The Hall–Kier alpha value is -0.440. The molecule has 0 aliphatic carbocycles. The zero-order valence-corrected chi connectivity index (χ0v) is 11.3. The maximum atomic E-state index is 12.1. The maximum absolute atomic E-state index is 12.1. The first-order valence-corrected chi connectivity index (χ1v) is 6.71. The molecule has 0 aromatic carbocycles. The molecule has 86 valence electrons. The third kappa shape index (κ3) is 2.07. The second-order valence-corrected chi connectivity index (χ2v) is 5.54. The topological polar surface area (TPSA) is 20.3 Å². The van der Waals surface area contributed by atoms with Gasteiger partial charge in [0.05, 0.1) is 6.04 Å². The Morgan fingerprint density at radius 3 is 2.13 bits per heavy atom. The van der Waals surface area contributed by atoms with Crippen molar-refractivity contribution in [2.45, 2.75) is 46.7 Å². The Morgan fingerprint density at radius 1 is 1.27 bits per heavy atom. The van der Waals surface area contributed by atoms with Gasteiger partial charge in [0, 0.05) is 16.5 Å². The van der Waals surface area contributed by atoms with E-state index < -0.39 is 0 Å². The molecule has 0 spiro atoms. The first kappa shape index (κ1) is 12.6. The molecule has 1 aliphatic rings. The van der Waals surface area contributed by atoms with Crippen LogP contribution in [0, 0.1) is 5.92 Å². The molecule has 1 rings (SSSR count). The maximum Gasteiger partial charge on any atom is 0.251 e. The van der Waals surface area contributed by atoms with E-state index in [0.29, 0.717) is 5.92 Å². The molecule has 1 amide bonds. The van der Waals surface area contributed by atoms with Gasteiger partial charge in [0.25, 0.3) is 5.91 Å². The highest BCUT2D eigenvalue weighted by molar-refractivity contribution is 8.02. The fourth-order valence-electron chi connectivity index (χ4n) is 2.23. The highest BCUT2D eigenvalue weighted by atomic mass is 32.2. The number of carbonyl (C=O) groups is 1. The van der Waals surface area contributed by atoms with E-state index in [2.05, 4.69) is 34.0 Å². The van der Waals surface area contributed by atoms with Gasteiger partial charge in [0.2, 0.25) is 0 Å². The molecule has 0 saturated carbocycles. The molecule has 1 atom stereocenters. The number of hydrogen-bond donors (Lipinski definition) is 0. The van der Waals surface area contributed by atoms with Gasteiger partial charge in [0.15, 0.2) is 0 Å². The van der Waals surface area contributed by atoms with Gasteiger partial charge >= 0.3 is 0 Å². The molecule has 1 unspecified atom stereocenters. The van der Waals surface area contributed by atoms with E-state index in [0.717, 1.165) is 5.57 Å². The van der Waals surface area contributed by atoms with Crippen LogP contribution < -0.4 is 0 Å². The van der Waals surface area contributed by atoms with Crippen LogP contribution >= 0.6 is 11.8 Å². The van der Waals surface area contributed by atoms with Crippen molar-refractivity contribution in [2.75, 3.05) is 6.26 Å². The number of carbonyl (C=O) groups excluding carboxylic acids is 1. The molecule has 0 fully saturated rings. The summed E-state index contributed by atoms with van der Waals surface area (Å²) in [6.45, 7) is 10.5. The normalized spacial score (nSPS) is 22.5. The molecule has 15 heavy (non-hydrogen) atoms. The largest absolute Gasteiger partial charge is 0.329 e. The van der Waals surface area contributed by atoms with Crippen LogP contribution in [0.4, 0.5) is 0 Å². The standard InChI is InChI=1S/C12H21NOS/c1-7(2)10-11(15-6)9(5)12(14)13(10)8(3)4/h7-8,10H,1-6H3. The van der Waals surface area contributed by atoms with E-state index in [1.54, 1.807) is 11.8 Å². The van der Waals surface area contributed by atoms with Crippen LogP contribution in [0.1, 0.15) is 34.6 Å². The lowest BCUT2D eigenvalue weighted by molar-refractivity contribution is -0.129. The van der Waals surface area contributed by atoms with Crippen LogP contribution in [0.2, 0.25) is 0 Å². The van der Waals surface area contributed by atoms with Crippen molar-refractivity contribution in [1.82, 2.24) is 4.90 Å². The molecule has 0 bridgehead atoms. The summed E-state index contributed by atoms with van der Waals surface area (Å²) in [5.74, 6) is 0.698. The zero-order valence-electron chi connectivity index (χ0n) is 10.5. The lowest BCUT2D eigenvalue weighted by atomic mass is 10.0. The molecule has 3 heteroatoms. The lowest BCUT2D eigenvalue weighted by Gasteiger charge is -2.33. The summed E-state index contributed by atoms with van der Waals surface area (Å²) in [5, 5.41) is 0. The average Bonchev–Trinajstić information content (AvgIpc) is 2.39. The van der Waals surface area contributed by atoms with Gasteiger partial charge in [-0.25, -0.2) is 0 Å². The second-order valence-electron chi connectivity index (χ2n) is 4.69. The Kier molecular flexibility index (Phi) is 3.87. The third-order valence-corrected chi connectivity index (χ3v) is 3.89. The smallest absolute Gasteiger partial charge is 0.251 e. The van der Waals surface area contributed by atoms with Crippen LogP contribution in [0.3, 0.4) is 0 Å². The van der Waals surface area contributed by atoms with Gasteiger partial charge in [0.1, 0.15) is 0 Å². The van der Waals surface area contributed by atoms with Gasteiger partial charge in [-0.05, 0) is 32.9 Å². The number of hydrogen-bond acceptors (Lipinski definition) is 2. The Balaban J connectivity index is 3.11. The number of nitrogens with zero attached hydrogens (tertiary/aromatic N) is 1. The molecular weight excluding hydrogens is 206 g/mol. The van der Waals surface area contributed by atoms with Gasteiger partial charge < -0.3 is 4.90 Å². The fraction of sp³-hybridized carbons (Fsp3) is 0.750. The van der Waals surface area contributed by atoms with Gasteiger partial charge in [-0.15, -0.1) is 11.8 Å². The van der Waals surface area contributed by atoms with Crippen LogP contribution in [0.25, 0.3) is 0 Å². The molecule has 0 radical (unpaired) electrons. The number of amides is 1. The fourth-order valence-corrected chi connectivity index (χ4v) is 3.25. The van der Waals surface area contributed by atoms with Gasteiger partial charge in [-0.2, -0.15) is 0 Å². The van der Waals surface area contributed by atoms with E-state index in [-0.39, 0.29) is 18.0 Å². The SMILES string of the molecule is CSC1=C(C)C(=O)N(C(C)C)C1C(C)C. The minimum absolute atomic E-state index is 0.216. The average molecular weight is 227 g/mol. The summed E-state index contributed by atoms with van der Waals surface area (Å²) in [6, 6.07) is 0.567. The Labute approximate surface area is 97.1 Å². The Bertz CT molecular complexity index is 294. The summed E-state index contributed by atoms with van der Waals surface area (Å²) >= 11 is 1.72. The van der Waals surface area contributed by atoms with Gasteiger partial charge in [-0.1, -0.05) is 13.8 Å². The molecule has 1 aliphatic heterocycles. The number of rotatable bonds is 3. The molecule has 0 saturated heterocycles. The van der Waals surface area contributed by atoms with Crippen molar-refractivity contribution in [2.24, 2.45) is 5.92 Å². The molecule has 1 heterocycles. The Morgan fingerprint density at radius 2 is 1.80 bits per heavy atom. The van der Waals surface area contributed by atoms with E-state index in [1.807, 2.05) is 11.8 Å². The van der Waals surface area contributed by atoms with Crippen molar-refractivity contribution >= 4 is 17.7 Å². The lowest BCUT2D eigenvalue weighted by Crippen LogP contribution is -2.43. The predicted molar refractivity (Wildman–Crippen MR) is 66.8 cm³/mol. The molecule has 0 N–H and O–H groups in total. The summed E-state index contributed by atoms with van der Waals surface area (Å²) in [7, 11) is 0. The third-order valence-electron chi connectivity index (χ3n) is 2.90. The minimum Gasteiger partial charge on any atom is -0.329 e. The minimum atomic E-state index is 0.216. The number of thioether (sulfide) groups is 1. The van der Waals surface area contributed by atoms with Crippen molar-refractivity contribution < 1.29 is 4.79 Å². The summed E-state index contributed by atoms with van der Waals surface area (Å²) in [5.41, 5.74) is 0.940. The summed E-state index contributed by atoms with van der Waals surface area (Å²) in [6.07, 6.45) is 2.06. The predicted octanol–water partition coefficient (Wildman–Crippen LogP) is 2.90.